The number of pyridine rings is 1. The fraction of sp³-hybridized carbons (Fsp3) is 0.182. The monoisotopic (exact) mass is 514 g/mol. The molecule has 1 atom stereocenters. The van der Waals surface area contributed by atoms with Crippen molar-refractivity contribution in [3.8, 4) is 16.3 Å². The lowest BCUT2D eigenvalue weighted by Gasteiger charge is -2.15. The van der Waals surface area contributed by atoms with Crippen LogP contribution in [-0.4, -0.2) is 46.6 Å². The number of amides is 1. The SMILES string of the molecule is COc1ccc(C[C@@H](C(=O)NO)n2cc(CNS(=O)(=O)c3ccc(-c4ccccn4)s3)nn2)cc1. The highest BCUT2D eigenvalue weighted by molar-refractivity contribution is 7.91. The highest BCUT2D eigenvalue weighted by Crippen LogP contribution is 2.29. The Morgan fingerprint density at radius 3 is 2.66 bits per heavy atom. The molecular formula is C22H22N6O5S2. The van der Waals surface area contributed by atoms with Gasteiger partial charge in [-0.05, 0) is 42.0 Å². The Kier molecular flexibility index (Phi) is 7.51. The number of rotatable bonds is 10. The number of benzene rings is 1. The molecule has 35 heavy (non-hydrogen) atoms. The van der Waals surface area contributed by atoms with E-state index in [4.69, 9.17) is 4.74 Å². The molecule has 0 bridgehead atoms. The standard InChI is InChI=1S/C22H22N6O5S2/c1-33-17-7-5-15(6-8-17)12-19(22(29)26-30)28-14-16(25-27-28)13-24-35(31,32)21-10-9-20(34-21)18-4-2-3-11-23-18/h2-11,14,19,24,30H,12-13H2,1H3,(H,26,29)/t19-/m0/s1. The minimum Gasteiger partial charge on any atom is -0.497 e. The lowest BCUT2D eigenvalue weighted by Crippen LogP contribution is -2.32. The molecule has 0 unspecified atom stereocenters. The van der Waals surface area contributed by atoms with Crippen molar-refractivity contribution in [1.29, 1.82) is 0 Å². The van der Waals surface area contributed by atoms with Crippen LogP contribution in [0.5, 0.6) is 5.75 Å². The second-order valence-corrected chi connectivity index (χ2v) is 10.5. The molecule has 3 aromatic heterocycles. The predicted molar refractivity (Wildman–Crippen MR) is 127 cm³/mol. The number of carbonyl (C=O) groups is 1. The zero-order valence-corrected chi connectivity index (χ0v) is 20.2. The maximum Gasteiger partial charge on any atom is 0.268 e. The Labute approximate surface area is 205 Å². The van der Waals surface area contributed by atoms with Crippen molar-refractivity contribution in [2.45, 2.75) is 23.2 Å². The molecule has 0 saturated heterocycles. The number of sulfonamides is 1. The molecule has 0 aliphatic rings. The van der Waals surface area contributed by atoms with Crippen molar-refractivity contribution in [2.24, 2.45) is 0 Å². The largest absolute Gasteiger partial charge is 0.497 e. The number of thiophene rings is 1. The molecular weight excluding hydrogens is 492 g/mol. The van der Waals surface area contributed by atoms with Gasteiger partial charge < -0.3 is 4.74 Å². The summed E-state index contributed by atoms with van der Waals surface area (Å²) in [7, 11) is -2.24. The number of methoxy groups -OCH3 is 1. The average Bonchev–Trinajstić information content (AvgIpc) is 3.57. The van der Waals surface area contributed by atoms with E-state index in [-0.39, 0.29) is 17.2 Å². The van der Waals surface area contributed by atoms with E-state index in [1.54, 1.807) is 61.3 Å². The maximum absolute atomic E-state index is 12.8. The molecule has 1 aromatic carbocycles. The lowest BCUT2D eigenvalue weighted by molar-refractivity contribution is -0.133. The van der Waals surface area contributed by atoms with E-state index in [1.807, 2.05) is 6.07 Å². The van der Waals surface area contributed by atoms with Gasteiger partial charge in [-0.3, -0.25) is 15.0 Å². The minimum atomic E-state index is -3.80. The van der Waals surface area contributed by atoms with Crippen LogP contribution < -0.4 is 14.9 Å². The van der Waals surface area contributed by atoms with Gasteiger partial charge in [-0.15, -0.1) is 16.4 Å². The Morgan fingerprint density at radius 2 is 1.97 bits per heavy atom. The first-order valence-corrected chi connectivity index (χ1v) is 12.7. The Balaban J connectivity index is 1.45. The number of hydrogen-bond donors (Lipinski definition) is 3. The van der Waals surface area contributed by atoms with Crippen LogP contribution in [0, 0.1) is 0 Å². The molecule has 182 valence electrons. The van der Waals surface area contributed by atoms with E-state index >= 15 is 0 Å². The van der Waals surface area contributed by atoms with Crippen LogP contribution in [0.25, 0.3) is 10.6 Å². The van der Waals surface area contributed by atoms with Crippen LogP contribution in [0.2, 0.25) is 0 Å². The topological polar surface area (TPSA) is 148 Å². The van der Waals surface area contributed by atoms with E-state index in [0.717, 1.165) is 21.8 Å². The Morgan fingerprint density at radius 1 is 1.17 bits per heavy atom. The Bertz CT molecular complexity index is 1390. The van der Waals surface area contributed by atoms with Crippen molar-refractivity contribution >= 4 is 27.3 Å². The summed E-state index contributed by atoms with van der Waals surface area (Å²) in [6, 6.07) is 14.9. The third kappa shape index (κ3) is 5.89. The highest BCUT2D eigenvalue weighted by Gasteiger charge is 2.23. The van der Waals surface area contributed by atoms with E-state index < -0.39 is 22.0 Å². The minimum absolute atomic E-state index is 0.130. The molecule has 13 heteroatoms. The molecule has 3 heterocycles. The summed E-state index contributed by atoms with van der Waals surface area (Å²) < 4.78 is 34.6. The predicted octanol–water partition coefficient (Wildman–Crippen LogP) is 2.18. The number of hydroxylamine groups is 1. The van der Waals surface area contributed by atoms with Gasteiger partial charge >= 0.3 is 0 Å². The van der Waals surface area contributed by atoms with Gasteiger partial charge in [0.15, 0.2) is 0 Å². The van der Waals surface area contributed by atoms with Gasteiger partial charge in [0.1, 0.15) is 16.0 Å². The van der Waals surface area contributed by atoms with Gasteiger partial charge in [0.2, 0.25) is 10.0 Å². The number of carbonyl (C=O) groups excluding carboxylic acids is 1. The van der Waals surface area contributed by atoms with Gasteiger partial charge in [-0.2, -0.15) is 0 Å². The van der Waals surface area contributed by atoms with Crippen LogP contribution in [0.1, 0.15) is 17.3 Å². The molecule has 3 N–H and O–H groups in total. The highest BCUT2D eigenvalue weighted by atomic mass is 32.2. The molecule has 0 aliphatic carbocycles. The van der Waals surface area contributed by atoms with Crippen molar-refractivity contribution in [3.63, 3.8) is 0 Å². The molecule has 0 fully saturated rings. The summed E-state index contributed by atoms with van der Waals surface area (Å²) in [5.74, 6) is -0.0105. The number of hydrogen-bond acceptors (Lipinski definition) is 9. The number of nitrogens with zero attached hydrogens (tertiary/aromatic N) is 4. The quantitative estimate of drug-likeness (QED) is 0.215. The molecule has 0 spiro atoms. The lowest BCUT2D eigenvalue weighted by atomic mass is 10.1. The molecule has 4 rings (SSSR count). The van der Waals surface area contributed by atoms with Crippen LogP contribution >= 0.6 is 11.3 Å². The van der Waals surface area contributed by atoms with E-state index in [2.05, 4.69) is 20.0 Å². The Hall–Kier alpha value is -3.65. The van der Waals surface area contributed by atoms with Gasteiger partial charge in [0, 0.05) is 12.6 Å². The van der Waals surface area contributed by atoms with Crippen molar-refractivity contribution in [3.05, 3.63) is 78.2 Å². The first-order valence-electron chi connectivity index (χ1n) is 10.4. The van der Waals surface area contributed by atoms with Gasteiger partial charge in [0.25, 0.3) is 5.91 Å². The molecule has 4 aromatic rings. The summed E-state index contributed by atoms with van der Waals surface area (Å²) in [6.07, 6.45) is 3.32. The van der Waals surface area contributed by atoms with Crippen LogP contribution in [0.15, 0.2) is 71.2 Å². The van der Waals surface area contributed by atoms with Crippen LogP contribution in [0.3, 0.4) is 0 Å². The number of aromatic nitrogens is 4. The summed E-state index contributed by atoms with van der Waals surface area (Å²) in [4.78, 5) is 17.2. The van der Waals surface area contributed by atoms with Crippen molar-refractivity contribution in [2.75, 3.05) is 7.11 Å². The molecule has 11 nitrogen and oxygen atoms in total. The summed E-state index contributed by atoms with van der Waals surface area (Å²) >= 11 is 1.11. The number of nitrogens with one attached hydrogen (secondary N) is 2. The van der Waals surface area contributed by atoms with Crippen LogP contribution in [-0.2, 0) is 27.8 Å². The van der Waals surface area contributed by atoms with Crippen LogP contribution in [0.4, 0.5) is 0 Å². The zero-order valence-electron chi connectivity index (χ0n) is 18.5. The van der Waals surface area contributed by atoms with Crippen molar-refractivity contribution in [1.82, 2.24) is 30.2 Å². The normalized spacial score (nSPS) is 12.3. The number of ether oxygens (including phenoxy) is 1. The van der Waals surface area contributed by atoms with E-state index in [9.17, 15) is 18.4 Å². The molecule has 0 aliphatic heterocycles. The fourth-order valence-electron chi connectivity index (χ4n) is 3.26. The molecule has 0 saturated carbocycles. The maximum atomic E-state index is 12.8. The van der Waals surface area contributed by atoms with Gasteiger partial charge in [-0.1, -0.05) is 23.4 Å². The first kappa shape index (κ1) is 24.5. The van der Waals surface area contributed by atoms with Gasteiger partial charge in [0.05, 0.1) is 36.1 Å². The second-order valence-electron chi connectivity index (χ2n) is 7.39. The molecule has 0 radical (unpaired) electrons. The fourth-order valence-corrected chi connectivity index (χ4v) is 5.59. The van der Waals surface area contributed by atoms with E-state index in [0.29, 0.717) is 17.1 Å². The summed E-state index contributed by atoms with van der Waals surface area (Å²) in [6.45, 7) is -0.130. The first-order chi connectivity index (χ1) is 16.9. The third-order valence-electron chi connectivity index (χ3n) is 5.08. The second kappa shape index (κ2) is 10.7. The van der Waals surface area contributed by atoms with E-state index in [1.165, 1.54) is 16.9 Å². The average molecular weight is 515 g/mol. The summed E-state index contributed by atoms with van der Waals surface area (Å²) in [5, 5.41) is 17.1. The smallest absolute Gasteiger partial charge is 0.268 e. The van der Waals surface area contributed by atoms with Gasteiger partial charge in [-0.25, -0.2) is 23.3 Å². The molecule has 1 amide bonds. The van der Waals surface area contributed by atoms with Crippen molar-refractivity contribution < 1.29 is 23.2 Å². The summed E-state index contributed by atoms with van der Waals surface area (Å²) in [5.41, 5.74) is 3.44. The zero-order chi connectivity index (χ0) is 24.8. The third-order valence-corrected chi connectivity index (χ3v) is 8.09.